The lowest BCUT2D eigenvalue weighted by molar-refractivity contribution is -0.118. The Hall–Kier alpha value is -1.77. The van der Waals surface area contributed by atoms with Crippen LogP contribution in [0, 0.1) is 23.7 Å². The molecule has 1 aromatic rings. The number of hydrogen-bond acceptors (Lipinski definition) is 3. The van der Waals surface area contributed by atoms with Crippen molar-refractivity contribution in [2.24, 2.45) is 23.7 Å². The SMILES string of the molecule is CCc1cc(O)ccc1C1=C(O)C2C3CCC(C3)C2C1=O. The van der Waals surface area contributed by atoms with Crippen molar-refractivity contribution >= 4 is 11.4 Å². The minimum atomic E-state index is 0.0114. The van der Waals surface area contributed by atoms with Crippen LogP contribution in [0.4, 0.5) is 0 Å². The van der Waals surface area contributed by atoms with Crippen LogP contribution in [0.3, 0.4) is 0 Å². The molecule has 110 valence electrons. The molecule has 3 heteroatoms. The molecule has 2 N–H and O–H groups in total. The van der Waals surface area contributed by atoms with Crippen molar-refractivity contribution in [2.75, 3.05) is 0 Å². The van der Waals surface area contributed by atoms with E-state index in [0.29, 0.717) is 23.2 Å². The van der Waals surface area contributed by atoms with E-state index in [9.17, 15) is 15.0 Å². The maximum atomic E-state index is 12.9. The largest absolute Gasteiger partial charge is 0.511 e. The average molecular weight is 284 g/mol. The fraction of sp³-hybridized carbons (Fsp3) is 0.500. The molecule has 1 aromatic carbocycles. The number of carbonyl (C=O) groups is 1. The van der Waals surface area contributed by atoms with E-state index in [0.717, 1.165) is 36.8 Å². The molecule has 3 nitrogen and oxygen atoms in total. The maximum absolute atomic E-state index is 12.9. The highest BCUT2D eigenvalue weighted by molar-refractivity contribution is 6.25. The zero-order valence-corrected chi connectivity index (χ0v) is 12.2. The molecule has 0 amide bonds. The number of carbonyl (C=O) groups excluding carboxylic acids is 1. The first-order valence-corrected chi connectivity index (χ1v) is 7.91. The number of fused-ring (bicyclic) bond motifs is 5. The topological polar surface area (TPSA) is 57.5 Å². The van der Waals surface area contributed by atoms with Crippen molar-refractivity contribution in [1.82, 2.24) is 0 Å². The predicted octanol–water partition coefficient (Wildman–Crippen LogP) is 3.47. The number of allylic oxidation sites excluding steroid dienone is 2. The van der Waals surface area contributed by atoms with Crippen molar-refractivity contribution in [3.05, 3.63) is 35.1 Å². The van der Waals surface area contributed by atoms with Crippen molar-refractivity contribution in [3.63, 3.8) is 0 Å². The molecule has 0 saturated heterocycles. The summed E-state index contributed by atoms with van der Waals surface area (Å²) in [5.74, 6) is 1.68. The number of aryl methyl sites for hydroxylation is 1. The first kappa shape index (κ1) is 12.9. The summed E-state index contributed by atoms with van der Waals surface area (Å²) in [4.78, 5) is 12.9. The van der Waals surface area contributed by atoms with Crippen LogP contribution in [0.15, 0.2) is 24.0 Å². The van der Waals surface area contributed by atoms with Gasteiger partial charge in [0.15, 0.2) is 5.78 Å². The number of aliphatic hydroxyl groups excluding tert-OH is 1. The van der Waals surface area contributed by atoms with E-state index in [-0.39, 0.29) is 23.4 Å². The highest BCUT2D eigenvalue weighted by Gasteiger charge is 2.57. The van der Waals surface area contributed by atoms with E-state index < -0.39 is 0 Å². The number of rotatable bonds is 2. The molecule has 0 aromatic heterocycles. The minimum absolute atomic E-state index is 0.0114. The van der Waals surface area contributed by atoms with Gasteiger partial charge >= 0.3 is 0 Å². The van der Waals surface area contributed by atoms with E-state index >= 15 is 0 Å². The molecule has 0 radical (unpaired) electrons. The smallest absolute Gasteiger partial charge is 0.170 e. The number of ketones is 1. The summed E-state index contributed by atoms with van der Waals surface area (Å²) in [5, 5.41) is 20.3. The zero-order chi connectivity index (χ0) is 14.7. The number of phenolic OH excluding ortho intramolecular Hbond substituents is 1. The Labute approximate surface area is 124 Å². The summed E-state index contributed by atoms with van der Waals surface area (Å²) in [5.41, 5.74) is 2.27. The van der Waals surface area contributed by atoms with E-state index in [4.69, 9.17) is 0 Å². The summed E-state index contributed by atoms with van der Waals surface area (Å²) in [7, 11) is 0. The predicted molar refractivity (Wildman–Crippen MR) is 79.9 cm³/mol. The third kappa shape index (κ3) is 1.63. The quantitative estimate of drug-likeness (QED) is 0.874. The Morgan fingerprint density at radius 2 is 1.86 bits per heavy atom. The monoisotopic (exact) mass is 284 g/mol. The molecule has 0 aliphatic heterocycles. The second kappa shape index (κ2) is 4.36. The Morgan fingerprint density at radius 1 is 1.14 bits per heavy atom. The van der Waals surface area contributed by atoms with Crippen LogP contribution in [0.2, 0.25) is 0 Å². The van der Waals surface area contributed by atoms with Crippen LogP contribution >= 0.6 is 0 Å². The molecule has 3 aliphatic rings. The van der Waals surface area contributed by atoms with Gasteiger partial charge in [0.1, 0.15) is 11.5 Å². The van der Waals surface area contributed by atoms with Crippen molar-refractivity contribution in [3.8, 4) is 5.75 Å². The Kier molecular flexibility index (Phi) is 2.69. The summed E-state index contributed by atoms with van der Waals surface area (Å²) < 4.78 is 0. The number of aromatic hydroxyl groups is 1. The summed E-state index contributed by atoms with van der Waals surface area (Å²) in [6, 6.07) is 5.08. The van der Waals surface area contributed by atoms with Gasteiger partial charge in [-0.25, -0.2) is 0 Å². The van der Waals surface area contributed by atoms with Crippen LogP contribution < -0.4 is 0 Å². The molecular formula is C18H20O3. The maximum Gasteiger partial charge on any atom is 0.170 e. The van der Waals surface area contributed by atoms with Crippen LogP contribution in [0.5, 0.6) is 5.75 Å². The van der Waals surface area contributed by atoms with Crippen LogP contribution in [0.25, 0.3) is 5.57 Å². The molecule has 4 rings (SSSR count). The lowest BCUT2D eigenvalue weighted by Gasteiger charge is -2.23. The second-order valence-corrected chi connectivity index (χ2v) is 6.70. The lowest BCUT2D eigenvalue weighted by atomic mass is 9.80. The van der Waals surface area contributed by atoms with E-state index in [1.54, 1.807) is 18.2 Å². The van der Waals surface area contributed by atoms with Gasteiger partial charge in [0.05, 0.1) is 5.57 Å². The number of benzene rings is 1. The first-order valence-electron chi connectivity index (χ1n) is 7.91. The Bertz CT molecular complexity index is 658. The van der Waals surface area contributed by atoms with Crippen LogP contribution in [-0.2, 0) is 11.2 Å². The standard InChI is InChI=1S/C18H20O3/c1-2-9-8-12(19)5-6-13(9)16-17(20)14-10-3-4-11(7-10)15(14)18(16)21/h5-6,8,10-11,14-15,19-20H,2-4,7H2,1H3. The highest BCUT2D eigenvalue weighted by atomic mass is 16.3. The van der Waals surface area contributed by atoms with Gasteiger partial charge in [-0.05, 0) is 60.8 Å². The molecule has 0 heterocycles. The zero-order valence-electron chi connectivity index (χ0n) is 12.2. The molecule has 0 spiro atoms. The molecule has 2 saturated carbocycles. The van der Waals surface area contributed by atoms with Crippen molar-refractivity contribution < 1.29 is 15.0 Å². The second-order valence-electron chi connectivity index (χ2n) is 6.70. The Morgan fingerprint density at radius 3 is 2.52 bits per heavy atom. The van der Waals surface area contributed by atoms with Gasteiger partial charge in [-0.3, -0.25) is 4.79 Å². The number of Topliss-reactive ketones (excluding diaryl/α,β-unsaturated/α-hetero) is 1. The first-order chi connectivity index (χ1) is 10.1. The molecule has 4 atom stereocenters. The number of aliphatic hydroxyl groups is 1. The van der Waals surface area contributed by atoms with Gasteiger partial charge in [-0.1, -0.05) is 13.0 Å². The van der Waals surface area contributed by atoms with Crippen LogP contribution in [-0.4, -0.2) is 16.0 Å². The lowest BCUT2D eigenvalue weighted by Crippen LogP contribution is -2.24. The van der Waals surface area contributed by atoms with Crippen molar-refractivity contribution in [2.45, 2.75) is 32.6 Å². The fourth-order valence-electron chi connectivity index (χ4n) is 4.91. The summed E-state index contributed by atoms with van der Waals surface area (Å²) >= 11 is 0. The van der Waals surface area contributed by atoms with Gasteiger partial charge in [-0.2, -0.15) is 0 Å². The minimum Gasteiger partial charge on any atom is -0.511 e. The van der Waals surface area contributed by atoms with Crippen molar-refractivity contribution in [1.29, 1.82) is 0 Å². The van der Waals surface area contributed by atoms with Gasteiger partial charge in [0, 0.05) is 11.8 Å². The summed E-state index contributed by atoms with van der Waals surface area (Å²) in [6.45, 7) is 2.00. The third-order valence-electron chi connectivity index (χ3n) is 5.78. The van der Waals surface area contributed by atoms with E-state index in [2.05, 4.69) is 0 Å². The molecule has 2 fully saturated rings. The molecule has 3 aliphatic carbocycles. The molecule has 2 bridgehead atoms. The van der Waals surface area contributed by atoms with Crippen LogP contribution in [0.1, 0.15) is 37.3 Å². The third-order valence-corrected chi connectivity index (χ3v) is 5.78. The van der Waals surface area contributed by atoms with Gasteiger partial charge in [-0.15, -0.1) is 0 Å². The highest BCUT2D eigenvalue weighted by Crippen LogP contribution is 2.60. The normalized spacial score (nSPS) is 33.9. The fourth-order valence-corrected chi connectivity index (χ4v) is 4.91. The molecule has 21 heavy (non-hydrogen) atoms. The van der Waals surface area contributed by atoms with E-state index in [1.165, 1.54) is 0 Å². The Balaban J connectivity index is 1.84. The van der Waals surface area contributed by atoms with E-state index in [1.807, 2.05) is 6.92 Å². The average Bonchev–Trinajstić information content (AvgIpc) is 3.14. The molecule has 4 unspecified atom stereocenters. The number of hydrogen-bond donors (Lipinski definition) is 2. The van der Waals surface area contributed by atoms with Gasteiger partial charge in [0.25, 0.3) is 0 Å². The number of phenols is 1. The molecular weight excluding hydrogens is 264 g/mol. The van der Waals surface area contributed by atoms with Gasteiger partial charge < -0.3 is 10.2 Å². The summed E-state index contributed by atoms with van der Waals surface area (Å²) in [6.07, 6.45) is 4.12. The van der Waals surface area contributed by atoms with Gasteiger partial charge in [0.2, 0.25) is 0 Å².